The number of nitro benzene ring substituents is 1. The first-order valence-corrected chi connectivity index (χ1v) is 10.1. The van der Waals surface area contributed by atoms with Gasteiger partial charge in [-0.1, -0.05) is 27.7 Å². The van der Waals surface area contributed by atoms with Crippen LogP contribution in [0.5, 0.6) is 0 Å². The molecule has 1 aromatic rings. The van der Waals surface area contributed by atoms with E-state index in [4.69, 9.17) is 0 Å². The highest BCUT2D eigenvalue weighted by atomic mass is 16.6. The summed E-state index contributed by atoms with van der Waals surface area (Å²) in [7, 11) is 0. The van der Waals surface area contributed by atoms with Crippen molar-refractivity contribution in [1.82, 2.24) is 0 Å². The Bertz CT molecular complexity index is 892. The van der Waals surface area contributed by atoms with Crippen molar-refractivity contribution < 1.29 is 44.5 Å². The van der Waals surface area contributed by atoms with Crippen LogP contribution in [-0.2, 0) is 43.9 Å². The lowest BCUT2D eigenvalue weighted by molar-refractivity contribution is -0.386. The lowest BCUT2D eigenvalue weighted by atomic mass is 9.58. The highest BCUT2D eigenvalue weighted by Gasteiger charge is 2.59. The molecule has 0 aliphatic heterocycles. The summed E-state index contributed by atoms with van der Waals surface area (Å²) in [6, 6.07) is 1.22. The van der Waals surface area contributed by atoms with Crippen molar-refractivity contribution in [3.63, 3.8) is 0 Å². The van der Waals surface area contributed by atoms with Crippen LogP contribution in [0, 0.1) is 22.0 Å². The van der Waals surface area contributed by atoms with E-state index in [1.54, 1.807) is 20.8 Å². The molecule has 0 aliphatic carbocycles. The average Bonchev–Trinajstić information content (AvgIpc) is 2.69. The second-order valence-corrected chi connectivity index (χ2v) is 7.32. The molecule has 0 aromatic heterocycles. The Balaban J connectivity index is 4.46. The van der Waals surface area contributed by atoms with Crippen LogP contribution in [0.2, 0.25) is 0 Å². The van der Waals surface area contributed by atoms with Crippen LogP contribution in [0.4, 0.5) is 5.69 Å². The van der Waals surface area contributed by atoms with E-state index in [1.165, 1.54) is 13.0 Å². The van der Waals surface area contributed by atoms with Crippen LogP contribution >= 0.6 is 0 Å². The van der Waals surface area contributed by atoms with Gasteiger partial charge in [0.1, 0.15) is 0 Å². The summed E-state index contributed by atoms with van der Waals surface area (Å²) in [5.74, 6) is -12.4. The van der Waals surface area contributed by atoms with Gasteiger partial charge in [0.25, 0.3) is 5.69 Å². The summed E-state index contributed by atoms with van der Waals surface area (Å²) in [6.45, 7) is 6.13. The summed E-state index contributed by atoms with van der Waals surface area (Å²) in [5, 5.41) is 50.9. The predicted octanol–water partition coefficient (Wildman–Crippen LogP) is 2.50. The number of benzene rings is 1. The molecule has 1 aromatic carbocycles. The molecule has 32 heavy (non-hydrogen) atoms. The van der Waals surface area contributed by atoms with Crippen molar-refractivity contribution in [2.45, 2.75) is 58.8 Å². The normalized spacial score (nSPS) is 11.6. The monoisotopic (exact) mass is 453 g/mol. The molecule has 0 amide bonds. The summed E-state index contributed by atoms with van der Waals surface area (Å²) in [5.41, 5.74) is -2.20. The molecule has 0 radical (unpaired) electrons. The lowest BCUT2D eigenvalue weighted by Crippen LogP contribution is -2.55. The van der Waals surface area contributed by atoms with Crippen molar-refractivity contribution in [1.29, 1.82) is 0 Å². The van der Waals surface area contributed by atoms with E-state index in [9.17, 15) is 49.7 Å². The molecule has 0 saturated heterocycles. The zero-order chi connectivity index (χ0) is 25.0. The number of aliphatic carboxylic acids is 4. The molecule has 4 N–H and O–H groups in total. The standard InChI is InChI=1S/C21H27NO10/c1-5-10-9-13(11(6-2)12(7-3)16(10)22(31)32)21(8-4,14(17(23)24)18(25)26)15(19(27)28)20(29)30/h9,14-15H,5-8H2,1-4H3,(H,23,24)(H,25,26)(H,27,28)(H,29,30). The number of nitrogens with zero attached hydrogens (tertiary/aromatic N) is 1. The molecule has 0 saturated carbocycles. The van der Waals surface area contributed by atoms with Gasteiger partial charge in [0.15, 0.2) is 11.8 Å². The molecule has 0 atom stereocenters. The van der Waals surface area contributed by atoms with E-state index in [-0.39, 0.29) is 47.2 Å². The zero-order valence-electron chi connectivity index (χ0n) is 18.2. The third-order valence-electron chi connectivity index (χ3n) is 5.97. The lowest BCUT2D eigenvalue weighted by Gasteiger charge is -2.41. The first-order valence-electron chi connectivity index (χ1n) is 10.1. The van der Waals surface area contributed by atoms with Gasteiger partial charge in [0.2, 0.25) is 0 Å². The van der Waals surface area contributed by atoms with Gasteiger partial charge in [-0.15, -0.1) is 0 Å². The van der Waals surface area contributed by atoms with Crippen molar-refractivity contribution in [2.75, 3.05) is 0 Å². The SMILES string of the molecule is CCc1cc(C(CC)(C(C(=O)O)C(=O)O)C(C(=O)O)C(=O)O)c(CC)c(CC)c1[N+](=O)[O-]. The van der Waals surface area contributed by atoms with Gasteiger partial charge >= 0.3 is 23.9 Å². The Morgan fingerprint density at radius 1 is 0.844 bits per heavy atom. The maximum Gasteiger partial charge on any atom is 0.318 e. The summed E-state index contributed by atoms with van der Waals surface area (Å²) >= 11 is 0. The van der Waals surface area contributed by atoms with Gasteiger partial charge in [-0.3, -0.25) is 29.3 Å². The molecule has 11 heteroatoms. The van der Waals surface area contributed by atoms with Gasteiger partial charge in [-0.25, -0.2) is 0 Å². The molecular formula is C21H27NO10. The van der Waals surface area contributed by atoms with E-state index in [2.05, 4.69) is 0 Å². The van der Waals surface area contributed by atoms with Crippen LogP contribution in [0.25, 0.3) is 0 Å². The van der Waals surface area contributed by atoms with Crippen LogP contribution in [-0.4, -0.2) is 49.2 Å². The van der Waals surface area contributed by atoms with E-state index in [1.807, 2.05) is 0 Å². The summed E-state index contributed by atoms with van der Waals surface area (Å²) in [6.07, 6.45) is -0.162. The number of rotatable bonds is 12. The number of hydrogen-bond acceptors (Lipinski definition) is 6. The molecule has 0 aliphatic rings. The molecule has 11 nitrogen and oxygen atoms in total. The van der Waals surface area contributed by atoms with Crippen molar-refractivity contribution in [3.05, 3.63) is 38.4 Å². The first kappa shape index (κ1) is 26.5. The van der Waals surface area contributed by atoms with Crippen LogP contribution in [0.1, 0.15) is 56.4 Å². The van der Waals surface area contributed by atoms with Gasteiger partial charge in [0, 0.05) is 16.5 Å². The fraction of sp³-hybridized carbons (Fsp3) is 0.524. The minimum absolute atomic E-state index is 0.0724. The molecular weight excluding hydrogens is 426 g/mol. The molecule has 0 fully saturated rings. The molecule has 0 unspecified atom stereocenters. The number of carboxylic acids is 4. The number of carbonyl (C=O) groups is 4. The zero-order valence-corrected chi connectivity index (χ0v) is 18.2. The number of hydrogen-bond donors (Lipinski definition) is 4. The Labute approximate surface area is 183 Å². The molecule has 0 heterocycles. The minimum Gasteiger partial charge on any atom is -0.481 e. The Morgan fingerprint density at radius 2 is 1.25 bits per heavy atom. The maximum absolute atomic E-state index is 12.1. The molecule has 1 rings (SSSR count). The Hall–Kier alpha value is -3.50. The minimum atomic E-state index is -2.43. The third-order valence-corrected chi connectivity index (χ3v) is 5.97. The van der Waals surface area contributed by atoms with E-state index >= 15 is 0 Å². The van der Waals surface area contributed by atoms with Crippen LogP contribution in [0.3, 0.4) is 0 Å². The third kappa shape index (κ3) is 4.27. The Morgan fingerprint density at radius 3 is 1.50 bits per heavy atom. The fourth-order valence-corrected chi connectivity index (χ4v) is 4.69. The highest BCUT2D eigenvalue weighted by Crippen LogP contribution is 2.48. The number of aryl methyl sites for hydroxylation is 1. The first-order chi connectivity index (χ1) is 14.9. The van der Waals surface area contributed by atoms with E-state index < -0.39 is 52.5 Å². The molecule has 0 spiro atoms. The van der Waals surface area contributed by atoms with Crippen LogP contribution in [0.15, 0.2) is 6.07 Å². The largest absolute Gasteiger partial charge is 0.481 e. The predicted molar refractivity (Wildman–Crippen MR) is 111 cm³/mol. The summed E-state index contributed by atoms with van der Waals surface area (Å²) < 4.78 is 0. The number of nitro groups is 1. The van der Waals surface area contributed by atoms with Crippen molar-refractivity contribution in [2.24, 2.45) is 11.8 Å². The summed E-state index contributed by atoms with van der Waals surface area (Å²) in [4.78, 5) is 59.5. The van der Waals surface area contributed by atoms with Crippen molar-refractivity contribution >= 4 is 29.6 Å². The molecule has 0 bridgehead atoms. The van der Waals surface area contributed by atoms with Gasteiger partial charge < -0.3 is 20.4 Å². The van der Waals surface area contributed by atoms with E-state index in [0.717, 1.165) is 0 Å². The van der Waals surface area contributed by atoms with Crippen molar-refractivity contribution in [3.8, 4) is 0 Å². The van der Waals surface area contributed by atoms with Gasteiger partial charge in [-0.05, 0) is 42.9 Å². The second kappa shape index (κ2) is 10.2. The molecule has 176 valence electrons. The quantitative estimate of drug-likeness (QED) is 0.207. The maximum atomic E-state index is 12.1. The fourth-order valence-electron chi connectivity index (χ4n) is 4.69. The number of carboxylic acid groups (broad SMARTS) is 4. The van der Waals surface area contributed by atoms with Crippen LogP contribution < -0.4 is 0 Å². The smallest absolute Gasteiger partial charge is 0.318 e. The highest BCUT2D eigenvalue weighted by molar-refractivity contribution is 6.01. The average molecular weight is 453 g/mol. The van der Waals surface area contributed by atoms with Gasteiger partial charge in [0.05, 0.1) is 4.92 Å². The topological polar surface area (TPSA) is 192 Å². The Kier molecular flexibility index (Phi) is 8.46. The van der Waals surface area contributed by atoms with E-state index in [0.29, 0.717) is 0 Å². The van der Waals surface area contributed by atoms with Gasteiger partial charge in [-0.2, -0.15) is 0 Å². The second-order valence-electron chi connectivity index (χ2n) is 7.32.